The Kier molecular flexibility index (Phi) is 6.09. The summed E-state index contributed by atoms with van der Waals surface area (Å²) in [5.41, 5.74) is 0. The molecule has 0 amide bonds. The molecule has 3 heteroatoms. The first-order chi connectivity index (χ1) is 6.84. The zero-order chi connectivity index (χ0) is 10.2. The molecule has 2 nitrogen and oxygen atoms in total. The Hall–Kier alpha value is -0.170. The maximum atomic E-state index is 9.67. The van der Waals surface area contributed by atoms with Crippen molar-refractivity contribution in [1.29, 1.82) is 0 Å². The largest absolute Gasteiger partial charge is 0.392 e. The van der Waals surface area contributed by atoms with E-state index >= 15 is 0 Å². The van der Waals surface area contributed by atoms with Gasteiger partial charge in [-0.1, -0.05) is 18.8 Å². The van der Waals surface area contributed by atoms with E-state index in [0.29, 0.717) is 6.04 Å². The molecule has 1 rings (SSSR count). The van der Waals surface area contributed by atoms with Gasteiger partial charge in [0.25, 0.3) is 0 Å². The summed E-state index contributed by atoms with van der Waals surface area (Å²) in [5.74, 6) is 4.42. The Morgan fingerprint density at radius 3 is 2.93 bits per heavy atom. The van der Waals surface area contributed by atoms with Crippen LogP contribution in [0.2, 0.25) is 0 Å². The third kappa shape index (κ3) is 4.36. The van der Waals surface area contributed by atoms with Gasteiger partial charge in [-0.3, -0.25) is 0 Å². The van der Waals surface area contributed by atoms with Gasteiger partial charge in [-0.15, -0.1) is 18.2 Å². The fourth-order valence-corrected chi connectivity index (χ4v) is 2.32. The summed E-state index contributed by atoms with van der Waals surface area (Å²) in [7, 11) is 0. The predicted molar refractivity (Wildman–Crippen MR) is 62.4 cm³/mol. The molecule has 0 aromatic rings. The minimum atomic E-state index is -0.138. The molecule has 14 heavy (non-hydrogen) atoms. The van der Waals surface area contributed by atoms with Gasteiger partial charge in [0.2, 0.25) is 0 Å². The highest BCUT2D eigenvalue weighted by Gasteiger charge is 2.21. The summed E-state index contributed by atoms with van der Waals surface area (Å²) in [6.45, 7) is 0.952. The number of rotatable bonds is 5. The van der Waals surface area contributed by atoms with Crippen molar-refractivity contribution in [2.24, 2.45) is 0 Å². The van der Waals surface area contributed by atoms with Crippen LogP contribution in [0, 0.1) is 12.3 Å². The van der Waals surface area contributed by atoms with E-state index in [1.165, 1.54) is 12.8 Å². The van der Waals surface area contributed by atoms with Crippen molar-refractivity contribution in [2.45, 2.75) is 37.8 Å². The van der Waals surface area contributed by atoms with Crippen molar-refractivity contribution in [3.63, 3.8) is 0 Å². The van der Waals surface area contributed by atoms with Crippen LogP contribution >= 0.6 is 11.8 Å². The van der Waals surface area contributed by atoms with Crippen molar-refractivity contribution in [3.05, 3.63) is 0 Å². The van der Waals surface area contributed by atoms with Crippen LogP contribution in [-0.2, 0) is 0 Å². The van der Waals surface area contributed by atoms with Crippen LogP contribution in [-0.4, -0.2) is 35.3 Å². The molecule has 0 heterocycles. The summed E-state index contributed by atoms with van der Waals surface area (Å²) in [5, 5.41) is 13.1. The van der Waals surface area contributed by atoms with Gasteiger partial charge in [0.05, 0.1) is 11.9 Å². The molecule has 2 N–H and O–H groups in total. The summed E-state index contributed by atoms with van der Waals surface area (Å²) < 4.78 is 0. The van der Waals surface area contributed by atoms with Crippen molar-refractivity contribution in [1.82, 2.24) is 5.32 Å². The van der Waals surface area contributed by atoms with E-state index in [2.05, 4.69) is 11.2 Å². The summed E-state index contributed by atoms with van der Waals surface area (Å²) in [4.78, 5) is 0. The smallest absolute Gasteiger partial charge is 0.0693 e. The molecule has 0 spiro atoms. The zero-order valence-electron chi connectivity index (χ0n) is 8.54. The van der Waals surface area contributed by atoms with Crippen molar-refractivity contribution in [2.75, 3.05) is 18.1 Å². The van der Waals surface area contributed by atoms with Crippen LogP contribution in [0.4, 0.5) is 0 Å². The van der Waals surface area contributed by atoms with Crippen molar-refractivity contribution < 1.29 is 5.11 Å². The minimum absolute atomic E-state index is 0.138. The van der Waals surface area contributed by atoms with Crippen LogP contribution in [0.3, 0.4) is 0 Å². The lowest BCUT2D eigenvalue weighted by Crippen LogP contribution is -2.42. The first-order valence-electron chi connectivity index (χ1n) is 5.27. The number of thioether (sulfide) groups is 1. The van der Waals surface area contributed by atoms with E-state index < -0.39 is 0 Å². The minimum Gasteiger partial charge on any atom is -0.392 e. The van der Waals surface area contributed by atoms with E-state index in [0.717, 1.165) is 30.9 Å². The molecular formula is C11H19NOS. The topological polar surface area (TPSA) is 32.3 Å². The number of terminal acetylenes is 1. The van der Waals surface area contributed by atoms with E-state index in [9.17, 15) is 5.11 Å². The Bertz CT molecular complexity index is 190. The van der Waals surface area contributed by atoms with E-state index in [4.69, 9.17) is 6.42 Å². The highest BCUT2D eigenvalue weighted by atomic mass is 32.2. The average molecular weight is 213 g/mol. The van der Waals surface area contributed by atoms with Gasteiger partial charge in [0.1, 0.15) is 0 Å². The lowest BCUT2D eigenvalue weighted by atomic mass is 9.93. The molecule has 0 saturated heterocycles. The molecule has 0 bridgehead atoms. The highest BCUT2D eigenvalue weighted by Crippen LogP contribution is 2.18. The number of hydrogen-bond donors (Lipinski definition) is 2. The molecular weight excluding hydrogens is 194 g/mol. The van der Waals surface area contributed by atoms with Crippen LogP contribution < -0.4 is 5.32 Å². The Labute approximate surface area is 90.8 Å². The summed E-state index contributed by atoms with van der Waals surface area (Å²) in [6.07, 6.45) is 9.49. The van der Waals surface area contributed by atoms with Gasteiger partial charge in [-0.25, -0.2) is 0 Å². The lowest BCUT2D eigenvalue weighted by molar-refractivity contribution is 0.0921. The van der Waals surface area contributed by atoms with Gasteiger partial charge in [0, 0.05) is 18.3 Å². The quantitative estimate of drug-likeness (QED) is 0.532. The zero-order valence-corrected chi connectivity index (χ0v) is 9.35. The Balaban J connectivity index is 2.02. The number of hydrogen-bond acceptors (Lipinski definition) is 3. The molecule has 0 aliphatic heterocycles. The second-order valence-corrected chi connectivity index (χ2v) is 4.77. The maximum absolute atomic E-state index is 9.67. The van der Waals surface area contributed by atoms with E-state index in [-0.39, 0.29) is 6.10 Å². The van der Waals surface area contributed by atoms with Crippen LogP contribution in [0.5, 0.6) is 0 Å². The molecule has 80 valence electrons. The second-order valence-electron chi connectivity index (χ2n) is 3.67. The first kappa shape index (κ1) is 11.9. The molecule has 1 aliphatic rings. The monoisotopic (exact) mass is 213 g/mol. The van der Waals surface area contributed by atoms with Gasteiger partial charge < -0.3 is 10.4 Å². The maximum Gasteiger partial charge on any atom is 0.0693 e. The fourth-order valence-electron chi connectivity index (χ4n) is 1.80. The van der Waals surface area contributed by atoms with Gasteiger partial charge in [-0.2, -0.15) is 0 Å². The number of aliphatic hydroxyl groups excluding tert-OH is 1. The predicted octanol–water partition coefficient (Wildman–Crippen LogP) is 1.25. The number of nitrogens with one attached hydrogen (secondary N) is 1. The van der Waals surface area contributed by atoms with Crippen LogP contribution in [0.1, 0.15) is 25.7 Å². The highest BCUT2D eigenvalue weighted by molar-refractivity contribution is 7.99. The van der Waals surface area contributed by atoms with Crippen molar-refractivity contribution >= 4 is 11.8 Å². The summed E-state index contributed by atoms with van der Waals surface area (Å²) >= 11 is 1.76. The van der Waals surface area contributed by atoms with Gasteiger partial charge in [-0.05, 0) is 12.8 Å². The standard InChI is InChI=1S/C11H19NOS/c1-2-8-14-9-7-12-10-5-3-4-6-11(10)13/h1,10-13H,3-9H2/t10-,11-/m1/s1. The molecule has 1 fully saturated rings. The molecule has 0 unspecified atom stereocenters. The van der Waals surface area contributed by atoms with Gasteiger partial charge >= 0.3 is 0 Å². The molecule has 0 aromatic heterocycles. The molecule has 0 aromatic carbocycles. The first-order valence-corrected chi connectivity index (χ1v) is 6.42. The normalized spacial score (nSPS) is 27.1. The SMILES string of the molecule is C#CCSCCN[C@@H]1CCCC[C@H]1O. The third-order valence-corrected chi connectivity index (χ3v) is 3.43. The van der Waals surface area contributed by atoms with Crippen LogP contribution in [0.25, 0.3) is 0 Å². The third-order valence-electron chi connectivity index (χ3n) is 2.57. The van der Waals surface area contributed by atoms with Gasteiger partial charge in [0.15, 0.2) is 0 Å². The van der Waals surface area contributed by atoms with E-state index in [1.54, 1.807) is 11.8 Å². The average Bonchev–Trinajstić information content (AvgIpc) is 2.20. The van der Waals surface area contributed by atoms with Crippen molar-refractivity contribution in [3.8, 4) is 12.3 Å². The molecule has 1 aliphatic carbocycles. The lowest BCUT2D eigenvalue weighted by Gasteiger charge is -2.28. The van der Waals surface area contributed by atoms with Crippen LogP contribution in [0.15, 0.2) is 0 Å². The Morgan fingerprint density at radius 1 is 1.43 bits per heavy atom. The fraction of sp³-hybridized carbons (Fsp3) is 0.818. The Morgan fingerprint density at radius 2 is 2.21 bits per heavy atom. The molecule has 0 radical (unpaired) electrons. The number of aliphatic hydroxyl groups is 1. The molecule has 1 saturated carbocycles. The second kappa shape index (κ2) is 7.17. The molecule has 2 atom stereocenters. The van der Waals surface area contributed by atoms with E-state index in [1.807, 2.05) is 0 Å². The summed E-state index contributed by atoms with van der Waals surface area (Å²) in [6, 6.07) is 0.315.